The predicted molar refractivity (Wildman–Crippen MR) is 101 cm³/mol. The Kier molecular flexibility index (Phi) is 3.72. The molecule has 1 aliphatic heterocycles. The lowest BCUT2D eigenvalue weighted by Gasteiger charge is -2.27. The van der Waals surface area contributed by atoms with Gasteiger partial charge in [-0.15, -0.1) is 0 Å². The quantitative estimate of drug-likeness (QED) is 0.570. The van der Waals surface area contributed by atoms with Gasteiger partial charge < -0.3 is 9.32 Å². The number of fused-ring (bicyclic) bond motifs is 2. The first-order valence-electron chi connectivity index (χ1n) is 8.63. The van der Waals surface area contributed by atoms with E-state index >= 15 is 0 Å². The van der Waals surface area contributed by atoms with E-state index in [-0.39, 0.29) is 5.91 Å². The fraction of sp³-hybridized carbons (Fsp3) is 0.150. The van der Waals surface area contributed by atoms with Crippen LogP contribution in [0.15, 0.2) is 53.3 Å². The molecule has 134 valence electrons. The Morgan fingerprint density at radius 1 is 1.19 bits per heavy atom. The fourth-order valence-corrected chi connectivity index (χ4v) is 3.61. The van der Waals surface area contributed by atoms with Gasteiger partial charge in [-0.25, -0.2) is 4.98 Å². The first-order valence-corrected chi connectivity index (χ1v) is 9.01. The van der Waals surface area contributed by atoms with Crippen LogP contribution >= 0.6 is 11.6 Å². The summed E-state index contributed by atoms with van der Waals surface area (Å²) in [6.07, 6.45) is 2.13. The summed E-state index contributed by atoms with van der Waals surface area (Å²) in [5.41, 5.74) is 5.95. The zero-order valence-electron chi connectivity index (χ0n) is 14.3. The second-order valence-corrected chi connectivity index (χ2v) is 6.98. The summed E-state index contributed by atoms with van der Waals surface area (Å²) in [6, 6.07) is 12.9. The van der Waals surface area contributed by atoms with Crippen molar-refractivity contribution in [1.82, 2.24) is 20.1 Å². The Balaban J connectivity index is 1.45. The smallest absolute Gasteiger partial charge is 0.254 e. The average Bonchev–Trinajstić information content (AvgIpc) is 3.33. The van der Waals surface area contributed by atoms with Crippen LogP contribution in [0.25, 0.3) is 22.4 Å². The zero-order valence-corrected chi connectivity index (χ0v) is 15.0. The molecule has 5 rings (SSSR count). The molecular formula is C20H15ClN4O2. The number of hydrogen-bond donors (Lipinski definition) is 1. The number of carbonyl (C=O) groups is 1. The van der Waals surface area contributed by atoms with E-state index in [0.717, 1.165) is 28.9 Å². The number of nitrogens with zero attached hydrogens (tertiary/aromatic N) is 3. The highest BCUT2D eigenvalue weighted by Crippen LogP contribution is 2.30. The maximum absolute atomic E-state index is 13.0. The van der Waals surface area contributed by atoms with Crippen molar-refractivity contribution < 1.29 is 9.21 Å². The van der Waals surface area contributed by atoms with Crippen molar-refractivity contribution >= 4 is 28.6 Å². The summed E-state index contributed by atoms with van der Waals surface area (Å²) in [5, 5.41) is 8.27. The topological polar surface area (TPSA) is 75.0 Å². The number of halogens is 1. The molecular weight excluding hydrogens is 364 g/mol. The summed E-state index contributed by atoms with van der Waals surface area (Å²) >= 11 is 5.99. The number of aromatic amines is 1. The van der Waals surface area contributed by atoms with Crippen LogP contribution in [0.1, 0.15) is 21.6 Å². The normalized spacial score (nSPS) is 13.7. The summed E-state index contributed by atoms with van der Waals surface area (Å²) in [5.74, 6) is -0.0196. The molecule has 27 heavy (non-hydrogen) atoms. The van der Waals surface area contributed by atoms with E-state index in [0.29, 0.717) is 34.8 Å². The Morgan fingerprint density at radius 3 is 2.89 bits per heavy atom. The lowest BCUT2D eigenvalue weighted by atomic mass is 10.0. The third-order valence-corrected chi connectivity index (χ3v) is 5.17. The molecule has 2 aromatic heterocycles. The van der Waals surface area contributed by atoms with Crippen LogP contribution in [0.3, 0.4) is 0 Å². The number of nitrogens with one attached hydrogen (secondary N) is 1. The van der Waals surface area contributed by atoms with Crippen LogP contribution in [0, 0.1) is 0 Å². The third-order valence-electron chi connectivity index (χ3n) is 4.92. The van der Waals surface area contributed by atoms with Crippen molar-refractivity contribution in [2.75, 3.05) is 6.54 Å². The number of carbonyl (C=O) groups excluding carboxylic acids is 1. The molecule has 0 saturated heterocycles. The van der Waals surface area contributed by atoms with E-state index < -0.39 is 0 Å². The number of oxazole rings is 1. The minimum Gasteiger partial charge on any atom is -0.443 e. The van der Waals surface area contributed by atoms with Gasteiger partial charge in [-0.2, -0.15) is 5.10 Å². The van der Waals surface area contributed by atoms with Gasteiger partial charge in [-0.1, -0.05) is 23.7 Å². The van der Waals surface area contributed by atoms with Crippen LogP contribution in [0.4, 0.5) is 0 Å². The van der Waals surface area contributed by atoms with Crippen LogP contribution < -0.4 is 0 Å². The fourth-order valence-electron chi connectivity index (χ4n) is 3.49. The third kappa shape index (κ3) is 2.78. The summed E-state index contributed by atoms with van der Waals surface area (Å²) in [6.45, 7) is 1.16. The van der Waals surface area contributed by atoms with Crippen molar-refractivity contribution in [3.05, 3.63) is 70.7 Å². The molecule has 0 atom stereocenters. The minimum atomic E-state index is -0.0196. The van der Waals surface area contributed by atoms with Gasteiger partial charge >= 0.3 is 0 Å². The highest BCUT2D eigenvalue weighted by molar-refractivity contribution is 6.30. The van der Waals surface area contributed by atoms with E-state index in [9.17, 15) is 4.79 Å². The summed E-state index contributed by atoms with van der Waals surface area (Å²) in [4.78, 5) is 19.0. The molecule has 0 fully saturated rings. The Hall–Kier alpha value is -3.12. The molecule has 1 amide bonds. The van der Waals surface area contributed by atoms with Gasteiger partial charge in [-0.05, 0) is 30.3 Å². The van der Waals surface area contributed by atoms with Gasteiger partial charge in [0.2, 0.25) is 0 Å². The maximum Gasteiger partial charge on any atom is 0.254 e. The highest BCUT2D eigenvalue weighted by atomic mass is 35.5. The summed E-state index contributed by atoms with van der Waals surface area (Å²) < 4.78 is 5.25. The Labute approximate surface area is 159 Å². The van der Waals surface area contributed by atoms with Crippen LogP contribution in [0.2, 0.25) is 5.02 Å². The van der Waals surface area contributed by atoms with Crippen molar-refractivity contribution in [2.45, 2.75) is 13.0 Å². The molecule has 0 spiro atoms. The molecule has 0 aliphatic carbocycles. The number of rotatable bonds is 2. The first-order chi connectivity index (χ1) is 13.2. The maximum atomic E-state index is 13.0. The molecule has 7 heteroatoms. The Bertz CT molecular complexity index is 1150. The van der Waals surface area contributed by atoms with Gasteiger partial charge in [0.25, 0.3) is 5.91 Å². The van der Waals surface area contributed by atoms with E-state index in [2.05, 4.69) is 15.2 Å². The van der Waals surface area contributed by atoms with Gasteiger partial charge in [0, 0.05) is 46.9 Å². The lowest BCUT2D eigenvalue weighted by Crippen LogP contribution is -2.35. The van der Waals surface area contributed by atoms with Crippen molar-refractivity contribution in [1.29, 1.82) is 0 Å². The molecule has 0 radical (unpaired) electrons. The SMILES string of the molecule is O=C(c1ccc2ocnc2c1)N1CCc2[nH]nc(-c3ccc(Cl)cc3)c2C1. The molecule has 4 aromatic rings. The molecule has 0 saturated carbocycles. The second-order valence-electron chi connectivity index (χ2n) is 6.55. The monoisotopic (exact) mass is 378 g/mol. The number of aromatic nitrogens is 3. The molecule has 3 heterocycles. The molecule has 0 bridgehead atoms. The van der Waals surface area contributed by atoms with Crippen molar-refractivity contribution in [3.8, 4) is 11.3 Å². The van der Waals surface area contributed by atoms with Gasteiger partial charge in [0.1, 0.15) is 5.52 Å². The number of benzene rings is 2. The molecule has 0 unspecified atom stereocenters. The largest absolute Gasteiger partial charge is 0.443 e. The van der Waals surface area contributed by atoms with E-state index in [1.54, 1.807) is 18.2 Å². The van der Waals surface area contributed by atoms with Gasteiger partial charge in [0.15, 0.2) is 12.0 Å². The van der Waals surface area contributed by atoms with Crippen LogP contribution in [-0.4, -0.2) is 32.5 Å². The average molecular weight is 379 g/mol. The van der Waals surface area contributed by atoms with Crippen molar-refractivity contribution in [2.24, 2.45) is 0 Å². The summed E-state index contributed by atoms with van der Waals surface area (Å²) in [7, 11) is 0. The number of H-pyrrole nitrogens is 1. The molecule has 2 aromatic carbocycles. The molecule has 1 aliphatic rings. The van der Waals surface area contributed by atoms with E-state index in [1.165, 1.54) is 6.39 Å². The zero-order chi connectivity index (χ0) is 18.4. The van der Waals surface area contributed by atoms with Gasteiger partial charge in [0.05, 0.1) is 5.69 Å². The number of amides is 1. The van der Waals surface area contributed by atoms with Crippen LogP contribution in [-0.2, 0) is 13.0 Å². The Morgan fingerprint density at radius 2 is 2.04 bits per heavy atom. The van der Waals surface area contributed by atoms with E-state index in [4.69, 9.17) is 16.0 Å². The van der Waals surface area contributed by atoms with Gasteiger partial charge in [-0.3, -0.25) is 9.89 Å². The van der Waals surface area contributed by atoms with E-state index in [1.807, 2.05) is 29.2 Å². The minimum absolute atomic E-state index is 0.0196. The first kappa shape index (κ1) is 16.1. The molecule has 1 N–H and O–H groups in total. The highest BCUT2D eigenvalue weighted by Gasteiger charge is 2.26. The standard InChI is InChI=1S/C20H15ClN4O2/c21-14-4-1-12(2-5-14)19-15-10-25(8-7-16(15)23-24-19)20(26)13-3-6-18-17(9-13)22-11-27-18/h1-6,9,11H,7-8,10H2,(H,23,24). The molecule has 6 nitrogen and oxygen atoms in total. The van der Waals surface area contributed by atoms with Crippen LogP contribution in [0.5, 0.6) is 0 Å². The number of hydrogen-bond acceptors (Lipinski definition) is 4. The van der Waals surface area contributed by atoms with Crippen molar-refractivity contribution in [3.63, 3.8) is 0 Å². The predicted octanol–water partition coefficient (Wildman–Crippen LogP) is 4.07. The lowest BCUT2D eigenvalue weighted by molar-refractivity contribution is 0.0735. The second kappa shape index (κ2) is 6.25.